The van der Waals surface area contributed by atoms with Crippen molar-refractivity contribution in [3.8, 4) is 5.75 Å². The quantitative estimate of drug-likeness (QED) is 0.305. The Morgan fingerprint density at radius 3 is 2.80 bits per heavy atom. The maximum Gasteiger partial charge on any atom is 0.216 e. The maximum atomic E-state index is 13.4. The van der Waals surface area contributed by atoms with E-state index in [1.165, 1.54) is 11.1 Å². The summed E-state index contributed by atoms with van der Waals surface area (Å²) in [5.74, 6) is 1.50. The molecule has 246 valence electrons. The van der Waals surface area contributed by atoms with E-state index in [0.717, 1.165) is 61.7 Å². The van der Waals surface area contributed by atoms with Gasteiger partial charge in [0.25, 0.3) is 0 Å². The summed E-state index contributed by atoms with van der Waals surface area (Å²) in [6.07, 6.45) is 9.56. The van der Waals surface area contributed by atoms with E-state index >= 15 is 0 Å². The lowest BCUT2D eigenvalue weighted by atomic mass is 9.68. The number of aryl methyl sites for hydroxylation is 1. The molecule has 6 rings (SSSR count). The Labute approximate surface area is 273 Å². The molecule has 4 aliphatic rings. The van der Waals surface area contributed by atoms with Crippen molar-refractivity contribution in [1.82, 2.24) is 4.72 Å². The monoisotopic (exact) mass is 658 g/mol. The Hall–Kier alpha value is -2.14. The molecule has 1 unspecified atom stereocenters. The van der Waals surface area contributed by atoms with Gasteiger partial charge in [-0.05, 0) is 104 Å². The van der Waals surface area contributed by atoms with Gasteiger partial charge < -0.3 is 24.2 Å². The molecule has 0 saturated heterocycles. The van der Waals surface area contributed by atoms with Gasteiger partial charge in [-0.3, -0.25) is 0 Å². The van der Waals surface area contributed by atoms with E-state index in [4.69, 9.17) is 25.8 Å². The zero-order valence-corrected chi connectivity index (χ0v) is 28.0. The van der Waals surface area contributed by atoms with Crippen molar-refractivity contribution < 1.29 is 27.7 Å². The normalized spacial score (nSPS) is 32.0. The van der Waals surface area contributed by atoms with E-state index < -0.39 is 21.5 Å². The smallest absolute Gasteiger partial charge is 0.216 e. The molecule has 2 bridgehead atoms. The van der Waals surface area contributed by atoms with Crippen LogP contribution >= 0.6 is 11.6 Å². The van der Waals surface area contributed by atoms with Crippen LogP contribution in [-0.2, 0) is 31.3 Å². The molecule has 0 amide bonds. The number of nitrogens with one attached hydrogen (secondary N) is 1. The first-order chi connectivity index (χ1) is 21.7. The highest BCUT2D eigenvalue weighted by Crippen LogP contribution is 2.47. The summed E-state index contributed by atoms with van der Waals surface area (Å²) >= 11 is 6.44. The number of aliphatic hydroxyl groups excluding tert-OH is 1. The van der Waals surface area contributed by atoms with Gasteiger partial charge in [-0.25, -0.2) is 8.42 Å². The largest absolute Gasteiger partial charge is 0.490 e. The number of halogens is 1. The highest BCUT2D eigenvalue weighted by Gasteiger charge is 2.44. The summed E-state index contributed by atoms with van der Waals surface area (Å²) < 4.78 is 47.7. The number of sulfonamides is 1. The topological polar surface area (TPSA) is 97.3 Å². The van der Waals surface area contributed by atoms with Gasteiger partial charge in [-0.1, -0.05) is 42.8 Å². The Morgan fingerprint density at radius 2 is 2.02 bits per heavy atom. The van der Waals surface area contributed by atoms with Gasteiger partial charge in [-0.2, -0.15) is 4.72 Å². The molecule has 10 heteroatoms. The van der Waals surface area contributed by atoms with Gasteiger partial charge in [-0.15, -0.1) is 0 Å². The number of ether oxygens (including phenoxy) is 3. The van der Waals surface area contributed by atoms with Crippen LogP contribution in [0.3, 0.4) is 0 Å². The molecule has 2 aliphatic carbocycles. The van der Waals surface area contributed by atoms with Crippen molar-refractivity contribution in [2.24, 2.45) is 11.8 Å². The Kier molecular flexibility index (Phi) is 10.1. The fourth-order valence-corrected chi connectivity index (χ4v) is 9.56. The molecule has 1 spiro atoms. The number of rotatable bonds is 5. The number of benzene rings is 2. The van der Waals surface area contributed by atoms with Crippen molar-refractivity contribution in [2.75, 3.05) is 44.9 Å². The minimum absolute atomic E-state index is 0.0658. The van der Waals surface area contributed by atoms with E-state index in [0.29, 0.717) is 56.5 Å². The number of hydrogen-bond acceptors (Lipinski definition) is 7. The number of allylic oxidation sites excluding steroid dienone is 1. The summed E-state index contributed by atoms with van der Waals surface area (Å²) in [6, 6.07) is 11.8. The van der Waals surface area contributed by atoms with E-state index in [-0.39, 0.29) is 11.5 Å². The average molecular weight is 659 g/mol. The Bertz CT molecular complexity index is 1480. The molecule has 2 aromatic carbocycles. The van der Waals surface area contributed by atoms with Crippen LogP contribution in [0.2, 0.25) is 5.02 Å². The van der Waals surface area contributed by atoms with Gasteiger partial charge in [0.05, 0.1) is 36.9 Å². The summed E-state index contributed by atoms with van der Waals surface area (Å²) in [4.78, 5) is 2.43. The molecule has 6 atom stereocenters. The molecule has 2 heterocycles. The van der Waals surface area contributed by atoms with E-state index in [9.17, 15) is 13.5 Å². The third-order valence-electron chi connectivity index (χ3n) is 10.5. The van der Waals surface area contributed by atoms with Crippen LogP contribution < -0.4 is 14.4 Å². The fourth-order valence-electron chi connectivity index (χ4n) is 7.84. The number of fused-ring (bicyclic) bond motifs is 4. The third-order valence-corrected chi connectivity index (χ3v) is 12.7. The van der Waals surface area contributed by atoms with Crippen molar-refractivity contribution in [3.05, 3.63) is 70.3 Å². The van der Waals surface area contributed by atoms with Gasteiger partial charge in [0.15, 0.2) is 0 Å². The molecule has 1 fully saturated rings. The van der Waals surface area contributed by atoms with Crippen LogP contribution in [-0.4, -0.2) is 64.9 Å². The van der Waals surface area contributed by atoms with Crippen LogP contribution in [0.25, 0.3) is 0 Å². The number of hydrogen-bond donors (Lipinski definition) is 2. The average Bonchev–Trinajstić information content (AvgIpc) is 3.15. The minimum Gasteiger partial charge on any atom is -0.490 e. The SMILES string of the molecule is CC[C@@H]1CC/C=C/[C@H](OCCOC)[C@@H]2CC[C@H]2CN2C[C@@]3(CCCc4cc(Cl)ccc43)COc3ccc(cc32)C(O)NS1(=O)=O. The lowest BCUT2D eigenvalue weighted by molar-refractivity contribution is -0.0309. The second-order valence-electron chi connectivity index (χ2n) is 13.3. The number of methoxy groups -OCH3 is 1. The standard InChI is InChI=1S/C35H47ClN2O6S/c1-3-28-8-4-5-9-32(43-18-17-42-2)29-13-10-26(29)21-38-22-35(16-6-7-24-19-27(36)12-14-30(24)35)23-44-33-15-11-25(20-31(33)38)34(39)37-45(28,40)41/h5,9,11-12,14-15,19-20,26,28-29,32,34,37,39H,3-4,6-8,10,13,16-18,21-23H2,1-2H3/b9-5+/t26-,28+,29+,32-,34?,35-/m0/s1. The van der Waals surface area contributed by atoms with Crippen LogP contribution in [0.5, 0.6) is 5.75 Å². The Balaban J connectivity index is 1.40. The molecular weight excluding hydrogens is 612 g/mol. The Morgan fingerprint density at radius 1 is 1.16 bits per heavy atom. The van der Waals surface area contributed by atoms with Crippen molar-refractivity contribution in [3.63, 3.8) is 0 Å². The number of anilines is 1. The second-order valence-corrected chi connectivity index (χ2v) is 15.7. The molecular formula is C35H47ClN2O6S. The molecule has 2 aliphatic heterocycles. The lowest BCUT2D eigenvalue weighted by Crippen LogP contribution is -2.49. The summed E-state index contributed by atoms with van der Waals surface area (Å²) in [6.45, 7) is 5.02. The zero-order chi connectivity index (χ0) is 31.6. The van der Waals surface area contributed by atoms with Gasteiger partial charge in [0.1, 0.15) is 12.0 Å². The van der Waals surface area contributed by atoms with Crippen molar-refractivity contribution >= 4 is 27.3 Å². The van der Waals surface area contributed by atoms with E-state index in [1.807, 2.05) is 25.1 Å². The van der Waals surface area contributed by atoms with E-state index in [1.54, 1.807) is 13.2 Å². The predicted octanol–water partition coefficient (Wildman–Crippen LogP) is 5.91. The number of nitrogens with zero attached hydrogens (tertiary/aromatic N) is 1. The maximum absolute atomic E-state index is 13.4. The molecule has 2 aromatic rings. The van der Waals surface area contributed by atoms with Crippen LogP contribution in [0.15, 0.2) is 48.6 Å². The van der Waals surface area contributed by atoms with Crippen LogP contribution in [0, 0.1) is 11.8 Å². The molecule has 0 radical (unpaired) electrons. The summed E-state index contributed by atoms with van der Waals surface area (Å²) in [5.41, 5.74) is 3.75. The van der Waals surface area contributed by atoms with Crippen LogP contribution in [0.1, 0.15) is 74.8 Å². The first kappa shape index (κ1) is 32.8. The van der Waals surface area contributed by atoms with Crippen molar-refractivity contribution in [2.45, 2.75) is 81.3 Å². The van der Waals surface area contributed by atoms with Gasteiger partial charge in [0.2, 0.25) is 10.0 Å². The molecule has 8 nitrogen and oxygen atoms in total. The highest BCUT2D eigenvalue weighted by atomic mass is 35.5. The van der Waals surface area contributed by atoms with E-state index in [2.05, 4.69) is 33.9 Å². The first-order valence-electron chi connectivity index (χ1n) is 16.5. The minimum atomic E-state index is -3.78. The van der Waals surface area contributed by atoms with Crippen molar-refractivity contribution in [1.29, 1.82) is 0 Å². The molecule has 0 aromatic heterocycles. The zero-order valence-electron chi connectivity index (χ0n) is 26.4. The molecule has 2 N–H and O–H groups in total. The fraction of sp³-hybridized carbons (Fsp3) is 0.600. The number of aliphatic hydroxyl groups is 1. The predicted molar refractivity (Wildman–Crippen MR) is 178 cm³/mol. The lowest BCUT2D eigenvalue weighted by Gasteiger charge is -2.46. The van der Waals surface area contributed by atoms with Gasteiger partial charge >= 0.3 is 0 Å². The van der Waals surface area contributed by atoms with Gasteiger partial charge in [0, 0.05) is 30.6 Å². The second kappa shape index (κ2) is 13.9. The first-order valence-corrected chi connectivity index (χ1v) is 18.4. The highest BCUT2D eigenvalue weighted by molar-refractivity contribution is 7.90. The third kappa shape index (κ3) is 6.94. The van der Waals surface area contributed by atoms with Crippen LogP contribution in [0.4, 0.5) is 5.69 Å². The summed E-state index contributed by atoms with van der Waals surface area (Å²) in [5, 5.41) is 11.3. The molecule has 45 heavy (non-hydrogen) atoms. The molecule has 1 saturated carbocycles. The summed E-state index contributed by atoms with van der Waals surface area (Å²) in [7, 11) is -2.10.